The minimum Gasteiger partial charge on any atom is -0.356 e. The quantitative estimate of drug-likeness (QED) is 0.600. The largest absolute Gasteiger partial charge is 0.356 e. The molecule has 1 saturated carbocycles. The van der Waals surface area contributed by atoms with Gasteiger partial charge in [0.05, 0.1) is 5.01 Å². The molecule has 5 heteroatoms. The predicted molar refractivity (Wildman–Crippen MR) is 102 cm³/mol. The van der Waals surface area contributed by atoms with Crippen molar-refractivity contribution in [1.82, 2.24) is 15.6 Å². The van der Waals surface area contributed by atoms with Crippen LogP contribution in [0, 0.1) is 0 Å². The summed E-state index contributed by atoms with van der Waals surface area (Å²) in [5.74, 6) is 0.879. The lowest BCUT2D eigenvalue weighted by molar-refractivity contribution is 0.645. The summed E-state index contributed by atoms with van der Waals surface area (Å²) in [7, 11) is 1.83. The van der Waals surface area contributed by atoms with Gasteiger partial charge in [0.15, 0.2) is 5.96 Å². The number of hydrogen-bond donors (Lipinski definition) is 2. The molecule has 1 aromatic carbocycles. The van der Waals surface area contributed by atoms with Crippen LogP contribution in [0.25, 0.3) is 0 Å². The van der Waals surface area contributed by atoms with Crippen LogP contribution in [0.4, 0.5) is 0 Å². The molecule has 128 valence electrons. The first-order valence-corrected chi connectivity index (χ1v) is 9.51. The smallest absolute Gasteiger partial charge is 0.191 e. The molecule has 0 atom stereocenters. The zero-order valence-corrected chi connectivity index (χ0v) is 15.3. The Bertz CT molecular complexity index is 674. The standard InChI is InChI=1S/C19H26N4S/c1-3-16-13-22-17(24-16)9-12-21-18(20-2)23-14-19(10-11-19)15-7-5-4-6-8-15/h4-8,13H,3,9-12,14H2,1-2H3,(H2,20,21,23). The Labute approximate surface area is 148 Å². The Hall–Kier alpha value is -1.88. The van der Waals surface area contributed by atoms with Crippen molar-refractivity contribution in [1.29, 1.82) is 0 Å². The molecule has 1 heterocycles. The van der Waals surface area contributed by atoms with E-state index in [2.05, 4.69) is 57.9 Å². The second-order valence-corrected chi connectivity index (χ2v) is 7.52. The van der Waals surface area contributed by atoms with Crippen molar-refractivity contribution in [3.63, 3.8) is 0 Å². The number of aryl methyl sites for hydroxylation is 1. The summed E-state index contributed by atoms with van der Waals surface area (Å²) in [5, 5.41) is 8.09. The third-order valence-corrected chi connectivity index (χ3v) is 5.84. The molecule has 1 aromatic heterocycles. The van der Waals surface area contributed by atoms with Crippen molar-refractivity contribution < 1.29 is 0 Å². The molecular weight excluding hydrogens is 316 g/mol. The monoisotopic (exact) mass is 342 g/mol. The summed E-state index contributed by atoms with van der Waals surface area (Å²) >= 11 is 1.81. The van der Waals surface area contributed by atoms with E-state index in [1.165, 1.54) is 28.3 Å². The third kappa shape index (κ3) is 4.15. The van der Waals surface area contributed by atoms with Crippen molar-refractivity contribution in [2.24, 2.45) is 4.99 Å². The van der Waals surface area contributed by atoms with Gasteiger partial charge >= 0.3 is 0 Å². The number of benzene rings is 1. The number of guanidine groups is 1. The number of thiazole rings is 1. The molecule has 1 fully saturated rings. The molecule has 0 aliphatic heterocycles. The van der Waals surface area contributed by atoms with Gasteiger partial charge in [-0.1, -0.05) is 37.3 Å². The van der Waals surface area contributed by atoms with Crippen LogP contribution in [0.2, 0.25) is 0 Å². The van der Waals surface area contributed by atoms with E-state index in [-0.39, 0.29) is 0 Å². The summed E-state index contributed by atoms with van der Waals surface area (Å²) in [5.41, 5.74) is 1.73. The highest BCUT2D eigenvalue weighted by Gasteiger charge is 2.43. The third-order valence-electron chi connectivity index (χ3n) is 4.64. The van der Waals surface area contributed by atoms with Crippen molar-refractivity contribution in [3.8, 4) is 0 Å². The van der Waals surface area contributed by atoms with Crippen molar-refractivity contribution >= 4 is 17.3 Å². The molecule has 0 spiro atoms. The van der Waals surface area contributed by atoms with Gasteiger partial charge in [0, 0.05) is 43.0 Å². The highest BCUT2D eigenvalue weighted by atomic mass is 32.1. The van der Waals surface area contributed by atoms with Gasteiger partial charge < -0.3 is 10.6 Å². The van der Waals surface area contributed by atoms with Crippen molar-refractivity contribution in [2.45, 2.75) is 38.0 Å². The fourth-order valence-electron chi connectivity index (χ4n) is 2.90. The second kappa shape index (κ2) is 7.79. The lowest BCUT2D eigenvalue weighted by atomic mass is 9.96. The number of nitrogens with zero attached hydrogens (tertiary/aromatic N) is 2. The van der Waals surface area contributed by atoms with Gasteiger partial charge in [0.1, 0.15) is 0 Å². The lowest BCUT2D eigenvalue weighted by Crippen LogP contribution is -2.41. The molecule has 0 unspecified atom stereocenters. The van der Waals surface area contributed by atoms with Crippen LogP contribution in [-0.2, 0) is 18.3 Å². The van der Waals surface area contributed by atoms with E-state index in [4.69, 9.17) is 0 Å². The van der Waals surface area contributed by atoms with E-state index < -0.39 is 0 Å². The van der Waals surface area contributed by atoms with Gasteiger partial charge in [-0.15, -0.1) is 11.3 Å². The number of aliphatic imine (C=N–C) groups is 1. The van der Waals surface area contributed by atoms with Crippen LogP contribution in [-0.4, -0.2) is 31.1 Å². The van der Waals surface area contributed by atoms with Crippen LogP contribution in [0.15, 0.2) is 41.5 Å². The number of hydrogen-bond acceptors (Lipinski definition) is 3. The van der Waals surface area contributed by atoms with Crippen molar-refractivity contribution in [2.75, 3.05) is 20.1 Å². The minimum absolute atomic E-state index is 0.296. The van der Waals surface area contributed by atoms with E-state index in [0.29, 0.717) is 5.41 Å². The van der Waals surface area contributed by atoms with Gasteiger partial charge in [0.25, 0.3) is 0 Å². The highest BCUT2D eigenvalue weighted by Crippen LogP contribution is 2.47. The first kappa shape index (κ1) is 17.0. The first-order chi connectivity index (χ1) is 11.8. The van der Waals surface area contributed by atoms with E-state index in [1.807, 2.05) is 13.2 Å². The second-order valence-electron chi connectivity index (χ2n) is 6.32. The average Bonchev–Trinajstić information content (AvgIpc) is 3.29. The van der Waals surface area contributed by atoms with Gasteiger partial charge in [0.2, 0.25) is 0 Å². The van der Waals surface area contributed by atoms with Gasteiger partial charge in [-0.3, -0.25) is 4.99 Å². The molecule has 0 amide bonds. The Morgan fingerprint density at radius 1 is 1.25 bits per heavy atom. The van der Waals surface area contributed by atoms with Crippen LogP contribution in [0.3, 0.4) is 0 Å². The molecule has 24 heavy (non-hydrogen) atoms. The van der Waals surface area contributed by atoms with Crippen LogP contribution < -0.4 is 10.6 Å². The Morgan fingerprint density at radius 3 is 2.67 bits per heavy atom. The maximum Gasteiger partial charge on any atom is 0.191 e. The van der Waals surface area contributed by atoms with Gasteiger partial charge in [-0.2, -0.15) is 0 Å². The molecular formula is C19H26N4S. The number of rotatable bonds is 7. The number of aromatic nitrogens is 1. The molecule has 4 nitrogen and oxygen atoms in total. The summed E-state index contributed by atoms with van der Waals surface area (Å²) < 4.78 is 0. The molecule has 2 N–H and O–H groups in total. The first-order valence-electron chi connectivity index (χ1n) is 8.69. The molecule has 0 radical (unpaired) electrons. The Kier molecular flexibility index (Phi) is 5.51. The average molecular weight is 343 g/mol. The fourth-order valence-corrected chi connectivity index (χ4v) is 3.76. The maximum atomic E-state index is 4.46. The SMILES string of the molecule is CCc1cnc(CCNC(=NC)NCC2(c3ccccc3)CC2)s1. The molecule has 1 aliphatic rings. The Balaban J connectivity index is 1.45. The Morgan fingerprint density at radius 2 is 2.04 bits per heavy atom. The highest BCUT2D eigenvalue weighted by molar-refractivity contribution is 7.11. The zero-order valence-electron chi connectivity index (χ0n) is 14.5. The van der Waals surface area contributed by atoms with Crippen LogP contribution in [0.5, 0.6) is 0 Å². The summed E-state index contributed by atoms with van der Waals surface area (Å²) in [6.07, 6.45) is 6.49. The van der Waals surface area contributed by atoms with Crippen LogP contribution in [0.1, 0.15) is 35.2 Å². The topological polar surface area (TPSA) is 49.3 Å². The van der Waals surface area contributed by atoms with E-state index in [0.717, 1.165) is 31.9 Å². The van der Waals surface area contributed by atoms with Crippen molar-refractivity contribution in [3.05, 3.63) is 52.0 Å². The summed E-state index contributed by atoms with van der Waals surface area (Å²) in [6.45, 7) is 3.96. The van der Waals surface area contributed by atoms with Crippen LogP contribution >= 0.6 is 11.3 Å². The predicted octanol–water partition coefficient (Wildman–Crippen LogP) is 3.14. The molecule has 0 saturated heterocycles. The summed E-state index contributed by atoms with van der Waals surface area (Å²) in [4.78, 5) is 10.2. The zero-order chi connectivity index (χ0) is 16.8. The molecule has 1 aliphatic carbocycles. The molecule has 0 bridgehead atoms. The fraction of sp³-hybridized carbons (Fsp3) is 0.474. The maximum absolute atomic E-state index is 4.46. The van der Waals surface area contributed by atoms with Gasteiger partial charge in [-0.05, 0) is 24.8 Å². The minimum atomic E-state index is 0.296. The lowest BCUT2D eigenvalue weighted by Gasteiger charge is -2.19. The van der Waals surface area contributed by atoms with Gasteiger partial charge in [-0.25, -0.2) is 4.98 Å². The van der Waals surface area contributed by atoms with E-state index in [9.17, 15) is 0 Å². The summed E-state index contributed by atoms with van der Waals surface area (Å²) in [6, 6.07) is 10.8. The molecule has 3 rings (SSSR count). The van der Waals surface area contributed by atoms with E-state index >= 15 is 0 Å². The van der Waals surface area contributed by atoms with E-state index in [1.54, 1.807) is 11.3 Å². The normalized spacial score (nSPS) is 16.0. The molecule has 2 aromatic rings. The number of nitrogens with one attached hydrogen (secondary N) is 2.